The highest BCUT2D eigenvalue weighted by Gasteiger charge is 2.13. The van der Waals surface area contributed by atoms with Crippen LogP contribution in [0, 0.1) is 5.92 Å². The van der Waals surface area contributed by atoms with Crippen LogP contribution in [-0.2, 0) is 4.74 Å². The summed E-state index contributed by atoms with van der Waals surface area (Å²) in [5.74, 6) is 0.826. The van der Waals surface area contributed by atoms with Crippen LogP contribution in [0.15, 0.2) is 0 Å². The van der Waals surface area contributed by atoms with E-state index < -0.39 is 0 Å². The largest absolute Gasteiger partial charge is 0.381 e. The highest BCUT2D eigenvalue weighted by Crippen LogP contribution is 2.13. The minimum Gasteiger partial charge on any atom is -0.381 e. The first kappa shape index (κ1) is 12.9. The quantitative estimate of drug-likeness (QED) is 0.628. The van der Waals surface area contributed by atoms with Crippen molar-refractivity contribution in [3.05, 3.63) is 0 Å². The summed E-state index contributed by atoms with van der Waals surface area (Å²) in [6, 6.07) is 0.583. The number of rotatable bonds is 7. The van der Waals surface area contributed by atoms with Crippen molar-refractivity contribution in [1.29, 1.82) is 0 Å². The van der Waals surface area contributed by atoms with Gasteiger partial charge in [-0.25, -0.2) is 0 Å². The maximum absolute atomic E-state index is 5.35. The van der Waals surface area contributed by atoms with E-state index in [4.69, 9.17) is 4.74 Å². The normalized spacial score (nSPS) is 20.4. The minimum atomic E-state index is 0.583. The zero-order valence-electron chi connectivity index (χ0n) is 10.2. The predicted octanol–water partition coefficient (Wildman–Crippen LogP) is 1.39. The van der Waals surface area contributed by atoms with Gasteiger partial charge < -0.3 is 15.4 Å². The third kappa shape index (κ3) is 6.13. The second-order valence-corrected chi connectivity index (χ2v) is 4.57. The van der Waals surface area contributed by atoms with Crippen molar-refractivity contribution in [1.82, 2.24) is 10.6 Å². The van der Waals surface area contributed by atoms with Gasteiger partial charge in [0, 0.05) is 25.8 Å². The van der Waals surface area contributed by atoms with Gasteiger partial charge in [0.05, 0.1) is 0 Å². The predicted molar refractivity (Wildman–Crippen MR) is 64.2 cm³/mol. The summed E-state index contributed by atoms with van der Waals surface area (Å²) >= 11 is 0. The fourth-order valence-electron chi connectivity index (χ4n) is 1.89. The van der Waals surface area contributed by atoms with Crippen LogP contribution in [0.5, 0.6) is 0 Å². The molecule has 0 saturated carbocycles. The molecule has 0 amide bonds. The van der Waals surface area contributed by atoms with Crippen LogP contribution in [-0.4, -0.2) is 38.9 Å². The van der Waals surface area contributed by atoms with Crippen LogP contribution in [0.4, 0.5) is 0 Å². The Kier molecular flexibility index (Phi) is 6.98. The highest BCUT2D eigenvalue weighted by atomic mass is 16.5. The molecule has 0 bridgehead atoms. The Labute approximate surface area is 94.0 Å². The van der Waals surface area contributed by atoms with Crippen molar-refractivity contribution in [2.45, 2.75) is 39.2 Å². The van der Waals surface area contributed by atoms with Crippen LogP contribution in [0.2, 0.25) is 0 Å². The molecule has 1 saturated heterocycles. The Hall–Kier alpha value is -0.120. The van der Waals surface area contributed by atoms with Gasteiger partial charge in [-0.05, 0) is 45.2 Å². The molecule has 1 atom stereocenters. The smallest absolute Gasteiger partial charge is 0.0469 e. The van der Waals surface area contributed by atoms with Crippen molar-refractivity contribution in [3.8, 4) is 0 Å². The topological polar surface area (TPSA) is 33.3 Å². The van der Waals surface area contributed by atoms with E-state index in [1.165, 1.54) is 19.3 Å². The first-order valence-electron chi connectivity index (χ1n) is 6.34. The van der Waals surface area contributed by atoms with Gasteiger partial charge in [-0.15, -0.1) is 0 Å². The number of hydrogen-bond donors (Lipinski definition) is 2. The third-order valence-corrected chi connectivity index (χ3v) is 2.97. The summed E-state index contributed by atoms with van der Waals surface area (Å²) in [5.41, 5.74) is 0. The van der Waals surface area contributed by atoms with Gasteiger partial charge >= 0.3 is 0 Å². The molecular formula is C12H26N2O. The molecule has 15 heavy (non-hydrogen) atoms. The fourth-order valence-corrected chi connectivity index (χ4v) is 1.89. The van der Waals surface area contributed by atoms with E-state index in [1.54, 1.807) is 0 Å². The molecule has 1 aliphatic rings. The minimum absolute atomic E-state index is 0.583. The van der Waals surface area contributed by atoms with Gasteiger partial charge in [0.25, 0.3) is 0 Å². The lowest BCUT2D eigenvalue weighted by Gasteiger charge is -2.24. The maximum Gasteiger partial charge on any atom is 0.0469 e. The number of hydrogen-bond acceptors (Lipinski definition) is 3. The number of ether oxygens (including phenoxy) is 1. The molecule has 1 fully saturated rings. The van der Waals surface area contributed by atoms with Crippen LogP contribution in [0.1, 0.15) is 33.1 Å². The molecule has 3 nitrogen and oxygen atoms in total. The molecule has 1 heterocycles. The highest BCUT2D eigenvalue weighted by molar-refractivity contribution is 4.70. The van der Waals surface area contributed by atoms with E-state index in [9.17, 15) is 0 Å². The Morgan fingerprint density at radius 2 is 2.07 bits per heavy atom. The third-order valence-electron chi connectivity index (χ3n) is 2.97. The average molecular weight is 214 g/mol. The van der Waals surface area contributed by atoms with E-state index in [0.29, 0.717) is 6.04 Å². The summed E-state index contributed by atoms with van der Waals surface area (Å²) in [6.45, 7) is 9.72. The van der Waals surface area contributed by atoms with E-state index in [-0.39, 0.29) is 0 Å². The first-order valence-corrected chi connectivity index (χ1v) is 6.34. The average Bonchev–Trinajstić information content (AvgIpc) is 2.28. The van der Waals surface area contributed by atoms with Crippen molar-refractivity contribution >= 4 is 0 Å². The zero-order valence-corrected chi connectivity index (χ0v) is 10.2. The van der Waals surface area contributed by atoms with Crippen LogP contribution in [0.25, 0.3) is 0 Å². The maximum atomic E-state index is 5.35. The lowest BCUT2D eigenvalue weighted by Crippen LogP contribution is -2.40. The second kappa shape index (κ2) is 8.08. The van der Waals surface area contributed by atoms with Gasteiger partial charge in [0.2, 0.25) is 0 Å². The Bertz CT molecular complexity index is 147. The number of nitrogens with one attached hydrogen (secondary N) is 2. The Balaban J connectivity index is 1.97. The molecule has 0 radical (unpaired) electrons. The van der Waals surface area contributed by atoms with Crippen molar-refractivity contribution in [2.24, 2.45) is 5.92 Å². The molecule has 0 aromatic rings. The molecule has 1 rings (SSSR count). The summed E-state index contributed by atoms with van der Waals surface area (Å²) < 4.78 is 5.35. The lowest BCUT2D eigenvalue weighted by molar-refractivity contribution is 0.0656. The zero-order chi connectivity index (χ0) is 10.9. The molecule has 0 spiro atoms. The molecule has 2 N–H and O–H groups in total. The van der Waals surface area contributed by atoms with Crippen molar-refractivity contribution < 1.29 is 4.74 Å². The second-order valence-electron chi connectivity index (χ2n) is 4.57. The standard InChI is InChI=1S/C12H26N2O/c1-3-6-13-9-11(2)14-10-12-4-7-15-8-5-12/h11-14H,3-10H2,1-2H3. The van der Waals surface area contributed by atoms with Gasteiger partial charge in [0.15, 0.2) is 0 Å². The van der Waals surface area contributed by atoms with Gasteiger partial charge in [-0.2, -0.15) is 0 Å². The van der Waals surface area contributed by atoms with Gasteiger partial charge in [-0.3, -0.25) is 0 Å². The molecule has 1 aliphatic heterocycles. The van der Waals surface area contributed by atoms with Crippen molar-refractivity contribution in [3.63, 3.8) is 0 Å². The molecule has 0 aromatic carbocycles. The summed E-state index contributed by atoms with van der Waals surface area (Å²) in [5, 5.41) is 7.03. The van der Waals surface area contributed by atoms with E-state index >= 15 is 0 Å². The summed E-state index contributed by atoms with van der Waals surface area (Å²) in [7, 11) is 0. The lowest BCUT2D eigenvalue weighted by atomic mass is 10.0. The van der Waals surface area contributed by atoms with E-state index in [1.807, 2.05) is 0 Å². The van der Waals surface area contributed by atoms with Crippen LogP contribution < -0.4 is 10.6 Å². The molecule has 3 heteroatoms. The van der Waals surface area contributed by atoms with E-state index in [0.717, 1.165) is 38.8 Å². The van der Waals surface area contributed by atoms with Crippen LogP contribution in [0.3, 0.4) is 0 Å². The molecule has 90 valence electrons. The van der Waals surface area contributed by atoms with Crippen molar-refractivity contribution in [2.75, 3.05) is 32.8 Å². The molecule has 0 aliphatic carbocycles. The Morgan fingerprint density at radius 3 is 2.73 bits per heavy atom. The van der Waals surface area contributed by atoms with Crippen LogP contribution >= 0.6 is 0 Å². The SMILES string of the molecule is CCCNCC(C)NCC1CCOCC1. The first-order chi connectivity index (χ1) is 7.33. The summed E-state index contributed by atoms with van der Waals surface area (Å²) in [6.07, 6.45) is 3.66. The monoisotopic (exact) mass is 214 g/mol. The molecule has 1 unspecified atom stereocenters. The Morgan fingerprint density at radius 1 is 1.33 bits per heavy atom. The summed E-state index contributed by atoms with van der Waals surface area (Å²) in [4.78, 5) is 0. The molecular weight excluding hydrogens is 188 g/mol. The molecule has 0 aromatic heterocycles. The fraction of sp³-hybridized carbons (Fsp3) is 1.00. The van der Waals surface area contributed by atoms with Gasteiger partial charge in [0.1, 0.15) is 0 Å². The van der Waals surface area contributed by atoms with E-state index in [2.05, 4.69) is 24.5 Å². The van der Waals surface area contributed by atoms with Gasteiger partial charge in [-0.1, -0.05) is 6.92 Å².